The maximum atomic E-state index is 12.0. The van der Waals surface area contributed by atoms with Gasteiger partial charge in [0.15, 0.2) is 0 Å². The highest BCUT2D eigenvalue weighted by Gasteiger charge is 2.08. The predicted octanol–water partition coefficient (Wildman–Crippen LogP) is 3.51. The van der Waals surface area contributed by atoms with Crippen molar-refractivity contribution in [2.75, 3.05) is 37.0 Å². The van der Waals surface area contributed by atoms with E-state index in [9.17, 15) is 9.59 Å². The number of carbonyl (C=O) groups is 2. The third kappa shape index (κ3) is 6.12. The number of amides is 2. The first-order valence-electron chi connectivity index (χ1n) is 8.68. The molecule has 0 bridgehead atoms. The number of para-hydroxylation sites is 1. The van der Waals surface area contributed by atoms with Crippen molar-refractivity contribution in [2.24, 2.45) is 0 Å². The number of hydrogen-bond acceptors (Lipinski definition) is 4. The predicted molar refractivity (Wildman–Crippen MR) is 104 cm³/mol. The van der Waals surface area contributed by atoms with Crippen molar-refractivity contribution in [1.82, 2.24) is 5.32 Å². The Kier molecular flexibility index (Phi) is 7.49. The van der Waals surface area contributed by atoms with Gasteiger partial charge in [0.2, 0.25) is 0 Å². The largest absolute Gasteiger partial charge is 0.462 e. The fourth-order valence-electron chi connectivity index (χ4n) is 2.44. The summed E-state index contributed by atoms with van der Waals surface area (Å²) in [5.41, 5.74) is 2.11. The molecular weight excluding hydrogens is 330 g/mol. The number of rotatable bonds is 8. The van der Waals surface area contributed by atoms with Gasteiger partial charge in [-0.05, 0) is 43.7 Å². The third-order valence-electron chi connectivity index (χ3n) is 3.78. The molecule has 2 amide bonds. The summed E-state index contributed by atoms with van der Waals surface area (Å²) in [6, 6.07) is 16.5. The molecule has 0 saturated carbocycles. The van der Waals surface area contributed by atoms with Crippen molar-refractivity contribution in [3.63, 3.8) is 0 Å². The van der Waals surface area contributed by atoms with Crippen LogP contribution in [0.15, 0.2) is 54.6 Å². The summed E-state index contributed by atoms with van der Waals surface area (Å²) in [5.74, 6) is -0.402. The standard InChI is InChI=1S/C20H25N3O3/c1-3-26-19(24)16-9-7-10-17(15-16)22-20(25)21-13-8-14-23(2)18-11-5-4-6-12-18/h4-7,9-12,15H,3,8,13-14H2,1-2H3,(H2,21,22,25). The molecule has 0 aliphatic rings. The first kappa shape index (κ1) is 19.3. The number of urea groups is 1. The normalized spacial score (nSPS) is 10.1. The summed E-state index contributed by atoms with van der Waals surface area (Å²) >= 11 is 0. The van der Waals surface area contributed by atoms with Gasteiger partial charge < -0.3 is 20.3 Å². The number of nitrogens with one attached hydrogen (secondary N) is 2. The molecular formula is C20H25N3O3. The number of esters is 1. The van der Waals surface area contributed by atoms with Crippen LogP contribution >= 0.6 is 0 Å². The van der Waals surface area contributed by atoms with Gasteiger partial charge >= 0.3 is 12.0 Å². The fraction of sp³-hybridized carbons (Fsp3) is 0.300. The molecule has 2 N–H and O–H groups in total. The minimum atomic E-state index is -0.402. The lowest BCUT2D eigenvalue weighted by atomic mass is 10.2. The lowest BCUT2D eigenvalue weighted by molar-refractivity contribution is 0.0526. The first-order valence-corrected chi connectivity index (χ1v) is 8.68. The van der Waals surface area contributed by atoms with E-state index in [4.69, 9.17) is 4.74 Å². The van der Waals surface area contributed by atoms with E-state index in [0.29, 0.717) is 24.4 Å². The summed E-state index contributed by atoms with van der Waals surface area (Å²) < 4.78 is 4.95. The molecule has 6 nitrogen and oxygen atoms in total. The van der Waals surface area contributed by atoms with Crippen molar-refractivity contribution in [2.45, 2.75) is 13.3 Å². The second-order valence-corrected chi connectivity index (χ2v) is 5.79. The number of ether oxygens (including phenoxy) is 1. The van der Waals surface area contributed by atoms with Crippen molar-refractivity contribution in [3.05, 3.63) is 60.2 Å². The number of nitrogens with zero attached hydrogens (tertiary/aromatic N) is 1. The second-order valence-electron chi connectivity index (χ2n) is 5.79. The topological polar surface area (TPSA) is 70.7 Å². The summed E-state index contributed by atoms with van der Waals surface area (Å²) in [6.45, 7) is 3.46. The molecule has 0 radical (unpaired) electrons. The Hall–Kier alpha value is -3.02. The van der Waals surface area contributed by atoms with E-state index in [0.717, 1.165) is 18.7 Å². The van der Waals surface area contributed by atoms with Crippen LogP contribution in [-0.2, 0) is 4.74 Å². The Balaban J connectivity index is 1.73. The minimum Gasteiger partial charge on any atom is -0.462 e. The van der Waals surface area contributed by atoms with Crippen molar-refractivity contribution < 1.29 is 14.3 Å². The van der Waals surface area contributed by atoms with Gasteiger partial charge in [-0.3, -0.25) is 0 Å². The van der Waals surface area contributed by atoms with Crippen LogP contribution in [0.5, 0.6) is 0 Å². The van der Waals surface area contributed by atoms with Crippen LogP contribution in [0.2, 0.25) is 0 Å². The molecule has 0 unspecified atom stereocenters. The van der Waals surface area contributed by atoms with E-state index in [1.165, 1.54) is 0 Å². The van der Waals surface area contributed by atoms with Gasteiger partial charge in [-0.2, -0.15) is 0 Å². The fourth-order valence-corrected chi connectivity index (χ4v) is 2.44. The van der Waals surface area contributed by atoms with Crippen LogP contribution in [0.3, 0.4) is 0 Å². The zero-order valence-corrected chi connectivity index (χ0v) is 15.2. The average molecular weight is 355 g/mol. The van der Waals surface area contributed by atoms with Gasteiger partial charge in [0.05, 0.1) is 12.2 Å². The Morgan fingerprint density at radius 1 is 1.08 bits per heavy atom. The van der Waals surface area contributed by atoms with Crippen LogP contribution in [0.1, 0.15) is 23.7 Å². The molecule has 6 heteroatoms. The van der Waals surface area contributed by atoms with E-state index < -0.39 is 5.97 Å². The molecule has 0 saturated heterocycles. The number of benzene rings is 2. The van der Waals surface area contributed by atoms with Crippen LogP contribution in [0.25, 0.3) is 0 Å². The summed E-state index contributed by atoms with van der Waals surface area (Å²) in [7, 11) is 2.02. The van der Waals surface area contributed by atoms with Crippen molar-refractivity contribution in [1.29, 1.82) is 0 Å². The highest BCUT2D eigenvalue weighted by molar-refractivity contribution is 5.93. The summed E-state index contributed by atoms with van der Waals surface area (Å²) in [6.07, 6.45) is 0.821. The molecule has 2 aromatic rings. The van der Waals surface area contributed by atoms with Crippen LogP contribution in [0.4, 0.5) is 16.2 Å². The molecule has 2 aromatic carbocycles. The molecule has 26 heavy (non-hydrogen) atoms. The molecule has 0 heterocycles. The SMILES string of the molecule is CCOC(=O)c1cccc(NC(=O)NCCCN(C)c2ccccc2)c1. The Bertz CT molecular complexity index is 719. The van der Waals surface area contributed by atoms with E-state index in [2.05, 4.69) is 27.7 Å². The lowest BCUT2D eigenvalue weighted by Crippen LogP contribution is -2.31. The molecule has 0 aliphatic carbocycles. The van der Waals surface area contributed by atoms with Crippen LogP contribution in [0, 0.1) is 0 Å². The molecule has 0 fully saturated rings. The number of hydrogen-bond donors (Lipinski definition) is 2. The summed E-state index contributed by atoms with van der Waals surface area (Å²) in [5, 5.41) is 5.55. The molecule has 0 spiro atoms. The van der Waals surface area contributed by atoms with Gasteiger partial charge in [-0.25, -0.2) is 9.59 Å². The van der Waals surface area contributed by atoms with Crippen molar-refractivity contribution >= 4 is 23.4 Å². The van der Waals surface area contributed by atoms with Gasteiger partial charge in [-0.1, -0.05) is 24.3 Å². The maximum absolute atomic E-state index is 12.0. The monoisotopic (exact) mass is 355 g/mol. The van der Waals surface area contributed by atoms with E-state index in [1.807, 2.05) is 25.2 Å². The smallest absolute Gasteiger partial charge is 0.338 e. The third-order valence-corrected chi connectivity index (χ3v) is 3.78. The highest BCUT2D eigenvalue weighted by atomic mass is 16.5. The molecule has 0 atom stereocenters. The number of carbonyl (C=O) groups excluding carboxylic acids is 2. The molecule has 138 valence electrons. The molecule has 2 rings (SSSR count). The maximum Gasteiger partial charge on any atom is 0.338 e. The summed E-state index contributed by atoms with van der Waals surface area (Å²) in [4.78, 5) is 25.8. The van der Waals surface area contributed by atoms with E-state index in [-0.39, 0.29) is 6.03 Å². The van der Waals surface area contributed by atoms with Gasteiger partial charge in [0.25, 0.3) is 0 Å². The molecule has 0 aliphatic heterocycles. The Labute approximate surface area is 154 Å². The average Bonchev–Trinajstić information content (AvgIpc) is 2.66. The van der Waals surface area contributed by atoms with Crippen molar-refractivity contribution in [3.8, 4) is 0 Å². The van der Waals surface area contributed by atoms with E-state index in [1.54, 1.807) is 31.2 Å². The second kappa shape index (κ2) is 10.1. The Morgan fingerprint density at radius 3 is 2.58 bits per heavy atom. The Morgan fingerprint density at radius 2 is 1.85 bits per heavy atom. The highest BCUT2D eigenvalue weighted by Crippen LogP contribution is 2.12. The van der Waals surface area contributed by atoms with Gasteiger partial charge in [0.1, 0.15) is 0 Å². The minimum absolute atomic E-state index is 0.298. The van der Waals surface area contributed by atoms with Crippen LogP contribution in [-0.4, -0.2) is 38.7 Å². The van der Waals surface area contributed by atoms with E-state index >= 15 is 0 Å². The molecule has 0 aromatic heterocycles. The first-order chi connectivity index (χ1) is 12.6. The van der Waals surface area contributed by atoms with Gasteiger partial charge in [-0.15, -0.1) is 0 Å². The lowest BCUT2D eigenvalue weighted by Gasteiger charge is -2.19. The quantitative estimate of drug-likeness (QED) is 0.561. The zero-order chi connectivity index (χ0) is 18.8. The number of anilines is 2. The van der Waals surface area contributed by atoms with Gasteiger partial charge in [0, 0.05) is 31.5 Å². The van der Waals surface area contributed by atoms with Crippen LogP contribution < -0.4 is 15.5 Å². The zero-order valence-electron chi connectivity index (χ0n) is 15.2.